The number of fused-ring (bicyclic) bond motifs is 3. The highest BCUT2D eigenvalue weighted by molar-refractivity contribution is 6.23. The Morgan fingerprint density at radius 2 is 1.71 bits per heavy atom. The maximum Gasteiger partial charge on any atom is 0.278 e. The molecule has 2 fully saturated rings. The van der Waals surface area contributed by atoms with Crippen molar-refractivity contribution in [2.75, 3.05) is 48.3 Å². The number of allylic oxidation sites excluding steroid dienone is 1. The standard InChI is InChI=1S/C45H47N11O7/c1-3-20-54-41(60)33-26-47-44(51-39(33)56(54)35-15-7-27-17-18-45(63,4-2)38(27)49-35)48-28-8-11-30(12-9-28)52-21-23-53(24-22-52)37(58)6-5-19-46-29-10-13-31-32(25-29)43(62)55(42(31)61)34-14-16-36(57)50-40(34)59/h3,7-13,15,25-26,34,46,63H,1,4-6,14,16-24H2,2H3,(H,47,48,51)(H,50,57,59)/t34?,45-/m1/s1. The van der Waals surface area contributed by atoms with E-state index in [0.717, 1.165) is 28.3 Å². The van der Waals surface area contributed by atoms with Crippen LogP contribution in [0, 0.1) is 0 Å². The molecular formula is C45H47N11O7. The van der Waals surface area contributed by atoms with E-state index in [4.69, 9.17) is 9.97 Å². The van der Waals surface area contributed by atoms with E-state index in [-0.39, 0.29) is 42.0 Å². The van der Waals surface area contributed by atoms with Crippen LogP contribution in [0.5, 0.6) is 0 Å². The number of benzene rings is 2. The smallest absolute Gasteiger partial charge is 0.278 e. The summed E-state index contributed by atoms with van der Waals surface area (Å²) >= 11 is 0. The van der Waals surface area contributed by atoms with Crippen LogP contribution in [-0.2, 0) is 33.0 Å². The van der Waals surface area contributed by atoms with Gasteiger partial charge in [-0.05, 0) is 86.2 Å². The summed E-state index contributed by atoms with van der Waals surface area (Å²) in [5, 5.41) is 20.3. The van der Waals surface area contributed by atoms with Crippen molar-refractivity contribution in [3.8, 4) is 5.82 Å². The van der Waals surface area contributed by atoms with E-state index in [2.05, 4.69) is 32.4 Å². The van der Waals surface area contributed by atoms with Gasteiger partial charge in [0.2, 0.25) is 23.7 Å². The molecule has 2 atom stereocenters. The van der Waals surface area contributed by atoms with Crippen molar-refractivity contribution in [3.63, 3.8) is 0 Å². The number of anilines is 4. The van der Waals surface area contributed by atoms with Gasteiger partial charge in [-0.15, -0.1) is 6.58 Å². The molecule has 0 spiro atoms. The summed E-state index contributed by atoms with van der Waals surface area (Å²) in [5.74, 6) is -1.38. The number of aliphatic hydroxyl groups is 1. The molecular weight excluding hydrogens is 807 g/mol. The molecule has 5 aromatic rings. The monoisotopic (exact) mass is 853 g/mol. The molecule has 0 bridgehead atoms. The lowest BCUT2D eigenvalue weighted by atomic mass is 9.98. The van der Waals surface area contributed by atoms with Crippen LogP contribution < -0.4 is 26.4 Å². The molecule has 1 unspecified atom stereocenters. The molecule has 2 saturated heterocycles. The fourth-order valence-corrected chi connectivity index (χ4v) is 8.92. The summed E-state index contributed by atoms with van der Waals surface area (Å²) in [6.45, 7) is 8.96. The highest BCUT2D eigenvalue weighted by Crippen LogP contribution is 2.38. The Bertz CT molecular complexity index is 2760. The third-order valence-electron chi connectivity index (χ3n) is 12.4. The topological polar surface area (TPSA) is 217 Å². The van der Waals surface area contributed by atoms with Crippen molar-refractivity contribution in [3.05, 3.63) is 106 Å². The van der Waals surface area contributed by atoms with Gasteiger partial charge in [-0.1, -0.05) is 19.1 Å². The van der Waals surface area contributed by atoms with Gasteiger partial charge in [0.15, 0.2) is 11.5 Å². The predicted molar refractivity (Wildman–Crippen MR) is 233 cm³/mol. The van der Waals surface area contributed by atoms with Crippen LogP contribution in [0.15, 0.2) is 78.2 Å². The van der Waals surface area contributed by atoms with Crippen LogP contribution in [0.3, 0.4) is 0 Å². The third kappa shape index (κ3) is 7.59. The molecule has 0 radical (unpaired) electrons. The number of piperidine rings is 1. The summed E-state index contributed by atoms with van der Waals surface area (Å²) in [6, 6.07) is 15.5. The molecule has 3 aliphatic heterocycles. The van der Waals surface area contributed by atoms with Gasteiger partial charge in [0.25, 0.3) is 17.4 Å². The number of hydrogen-bond donors (Lipinski definition) is 4. The predicted octanol–water partition coefficient (Wildman–Crippen LogP) is 3.39. The zero-order valence-corrected chi connectivity index (χ0v) is 34.8. The Kier molecular flexibility index (Phi) is 10.8. The Morgan fingerprint density at radius 1 is 0.952 bits per heavy atom. The maximum absolute atomic E-state index is 13.5. The Hall–Kier alpha value is -7.21. The molecule has 18 heteroatoms. The number of nitrogens with one attached hydrogen (secondary N) is 3. The van der Waals surface area contributed by atoms with E-state index in [9.17, 15) is 33.9 Å². The minimum absolute atomic E-state index is 0.0537. The van der Waals surface area contributed by atoms with Gasteiger partial charge < -0.3 is 25.5 Å². The third-order valence-corrected chi connectivity index (χ3v) is 12.4. The summed E-state index contributed by atoms with van der Waals surface area (Å²) in [6.07, 6.45) is 6.06. The lowest BCUT2D eigenvalue weighted by Gasteiger charge is -2.36. The van der Waals surface area contributed by atoms with Gasteiger partial charge in [0, 0.05) is 68.8 Å². The van der Waals surface area contributed by atoms with Gasteiger partial charge >= 0.3 is 0 Å². The molecule has 4 aliphatic rings. The van der Waals surface area contributed by atoms with E-state index < -0.39 is 35.3 Å². The first-order valence-corrected chi connectivity index (χ1v) is 21.3. The van der Waals surface area contributed by atoms with Crippen LogP contribution in [0.2, 0.25) is 0 Å². The number of carbonyl (C=O) groups excluding carboxylic acids is 5. The average Bonchev–Trinajstić information content (AvgIpc) is 3.87. The van der Waals surface area contributed by atoms with Crippen molar-refractivity contribution in [2.24, 2.45) is 0 Å². The molecule has 1 aliphatic carbocycles. The number of nitrogens with zero attached hydrogens (tertiary/aromatic N) is 8. The van der Waals surface area contributed by atoms with Gasteiger partial charge in [0.1, 0.15) is 17.0 Å². The lowest BCUT2D eigenvalue weighted by Crippen LogP contribution is -2.54. The normalized spacial score (nSPS) is 19.7. The number of rotatable bonds is 13. The zero-order chi connectivity index (χ0) is 44.0. The SMILES string of the molecule is C=CCn1c(=O)c2cnc(Nc3ccc(N4CCN(C(=O)CCCNc5ccc6c(c5)C(=O)N(C5CCC(=O)NC5=O)C6=O)CC4)cc3)nc2n1-c1ccc2c(n1)[C@@](O)(CC)CC2. The van der Waals surface area contributed by atoms with E-state index in [1.807, 2.05) is 48.2 Å². The molecule has 324 valence electrons. The first-order chi connectivity index (χ1) is 30.5. The number of hydrogen-bond acceptors (Lipinski definition) is 13. The molecule has 18 nitrogen and oxygen atoms in total. The maximum atomic E-state index is 13.5. The van der Waals surface area contributed by atoms with E-state index in [1.54, 1.807) is 29.0 Å². The van der Waals surface area contributed by atoms with Gasteiger partial charge in [-0.2, -0.15) is 4.98 Å². The minimum atomic E-state index is -1.02. The van der Waals surface area contributed by atoms with Crippen molar-refractivity contribution in [1.29, 1.82) is 0 Å². The minimum Gasteiger partial charge on any atom is -0.385 e. The van der Waals surface area contributed by atoms with Crippen molar-refractivity contribution < 1.29 is 29.1 Å². The number of imide groups is 2. The van der Waals surface area contributed by atoms with Gasteiger partial charge in [0.05, 0.1) is 23.4 Å². The molecule has 9 rings (SSSR count). The van der Waals surface area contributed by atoms with E-state index in [0.29, 0.717) is 92.6 Å². The zero-order valence-electron chi connectivity index (χ0n) is 34.8. The Balaban J connectivity index is 0.777. The van der Waals surface area contributed by atoms with Gasteiger partial charge in [-0.3, -0.25) is 39.0 Å². The van der Waals surface area contributed by atoms with E-state index >= 15 is 0 Å². The first kappa shape index (κ1) is 41.2. The highest BCUT2D eigenvalue weighted by Gasteiger charge is 2.44. The molecule has 3 aromatic heterocycles. The van der Waals surface area contributed by atoms with E-state index in [1.165, 1.54) is 10.9 Å². The van der Waals surface area contributed by atoms with Crippen LogP contribution in [0.1, 0.15) is 77.4 Å². The van der Waals surface area contributed by atoms with Crippen LogP contribution in [0.25, 0.3) is 16.9 Å². The second kappa shape index (κ2) is 16.6. The molecule has 63 heavy (non-hydrogen) atoms. The highest BCUT2D eigenvalue weighted by atomic mass is 16.3. The summed E-state index contributed by atoms with van der Waals surface area (Å²) in [5.41, 5.74) is 3.49. The van der Waals surface area contributed by atoms with Crippen LogP contribution >= 0.6 is 0 Å². The number of aromatic nitrogens is 5. The fraction of sp³-hybridized carbons (Fsp3) is 0.356. The average molecular weight is 854 g/mol. The molecule has 5 amide bonds. The summed E-state index contributed by atoms with van der Waals surface area (Å²) in [4.78, 5) is 95.9. The number of pyridine rings is 1. The second-order valence-corrected chi connectivity index (χ2v) is 16.3. The Labute approximate surface area is 361 Å². The molecule has 6 heterocycles. The largest absolute Gasteiger partial charge is 0.385 e. The van der Waals surface area contributed by atoms with Crippen molar-refractivity contribution in [2.45, 2.75) is 70.1 Å². The second-order valence-electron chi connectivity index (χ2n) is 16.3. The lowest BCUT2D eigenvalue weighted by molar-refractivity contribution is -0.136. The Morgan fingerprint density at radius 3 is 2.46 bits per heavy atom. The van der Waals surface area contributed by atoms with Crippen molar-refractivity contribution in [1.82, 2.24) is 39.4 Å². The number of carbonyl (C=O) groups is 5. The van der Waals surface area contributed by atoms with Gasteiger partial charge in [-0.25, -0.2) is 19.3 Å². The quantitative estimate of drug-likeness (QED) is 0.0760. The van der Waals surface area contributed by atoms with Crippen LogP contribution in [-0.4, -0.2) is 108 Å². The molecule has 0 saturated carbocycles. The van der Waals surface area contributed by atoms with Crippen molar-refractivity contribution >= 4 is 63.6 Å². The first-order valence-electron chi connectivity index (χ1n) is 21.3. The number of amides is 5. The molecule has 2 aromatic carbocycles. The number of piperazine rings is 1. The summed E-state index contributed by atoms with van der Waals surface area (Å²) < 4.78 is 3.18. The van der Waals surface area contributed by atoms with Crippen LogP contribution in [0.4, 0.5) is 23.0 Å². The fourth-order valence-electron chi connectivity index (χ4n) is 8.92. The number of aryl methyl sites for hydroxylation is 1. The molecule has 4 N–H and O–H groups in total. The summed E-state index contributed by atoms with van der Waals surface area (Å²) in [7, 11) is 0.